The van der Waals surface area contributed by atoms with Crippen molar-refractivity contribution in [1.82, 2.24) is 4.31 Å². The lowest BCUT2D eigenvalue weighted by Crippen LogP contribution is -3.00. The van der Waals surface area contributed by atoms with E-state index in [2.05, 4.69) is 10.0 Å². The fourth-order valence-electron chi connectivity index (χ4n) is 3.81. The van der Waals surface area contributed by atoms with Crippen molar-refractivity contribution in [3.8, 4) is 5.75 Å². The first-order valence-electron chi connectivity index (χ1n) is 11.1. The molecule has 0 spiro atoms. The van der Waals surface area contributed by atoms with Gasteiger partial charge in [-0.15, -0.1) is 0 Å². The standard InChI is InChI=1S/C24H24FN3O6S2.ClH/c25-17-8-10-18(11-9-17)35(31,32)27-21-7-3-2-6-20(21)24(30)26-22-16-19(12-13-23(22)29)36(33,34)28-14-4-1-5-15-28;/h2-3,6-13,16,27,29H,1,4-5,14-15H2,(H,26,30);1H/p-1. The van der Waals surface area contributed by atoms with Gasteiger partial charge in [-0.05, 0) is 67.4 Å². The fraction of sp³-hybridized carbons (Fsp3) is 0.208. The number of anilines is 2. The van der Waals surface area contributed by atoms with E-state index in [1.54, 1.807) is 0 Å². The first-order valence-corrected chi connectivity index (χ1v) is 14.0. The minimum Gasteiger partial charge on any atom is -1.00 e. The zero-order chi connectivity index (χ0) is 25.9. The molecule has 1 heterocycles. The number of phenolic OH excluding ortho intramolecular Hbond substituents is 1. The van der Waals surface area contributed by atoms with Crippen LogP contribution in [-0.2, 0) is 20.0 Å². The molecule has 0 bridgehead atoms. The van der Waals surface area contributed by atoms with Gasteiger partial charge in [-0.2, -0.15) is 4.31 Å². The molecule has 1 aliphatic heterocycles. The van der Waals surface area contributed by atoms with Gasteiger partial charge in [0, 0.05) is 13.1 Å². The maximum Gasteiger partial charge on any atom is 0.261 e. The topological polar surface area (TPSA) is 133 Å². The van der Waals surface area contributed by atoms with E-state index in [-0.39, 0.29) is 44.9 Å². The van der Waals surface area contributed by atoms with Crippen LogP contribution in [0.3, 0.4) is 0 Å². The molecule has 1 aliphatic rings. The van der Waals surface area contributed by atoms with Gasteiger partial charge < -0.3 is 22.8 Å². The van der Waals surface area contributed by atoms with Crippen molar-refractivity contribution in [1.29, 1.82) is 0 Å². The molecule has 0 atom stereocenters. The lowest BCUT2D eigenvalue weighted by Gasteiger charge is -2.26. The van der Waals surface area contributed by atoms with Gasteiger partial charge in [0.25, 0.3) is 15.9 Å². The van der Waals surface area contributed by atoms with Gasteiger partial charge in [-0.3, -0.25) is 9.52 Å². The number of para-hydroxylation sites is 1. The third-order valence-corrected chi connectivity index (χ3v) is 8.99. The number of piperidine rings is 1. The second kappa shape index (κ2) is 11.5. The molecule has 3 aromatic rings. The van der Waals surface area contributed by atoms with Crippen LogP contribution in [0.25, 0.3) is 0 Å². The van der Waals surface area contributed by atoms with Crippen LogP contribution >= 0.6 is 0 Å². The van der Waals surface area contributed by atoms with Gasteiger partial charge >= 0.3 is 0 Å². The van der Waals surface area contributed by atoms with Crippen molar-refractivity contribution in [3.05, 3.63) is 78.1 Å². The number of carbonyl (C=O) groups is 1. The molecular formula is C24H24ClFN3O6S2-. The minimum absolute atomic E-state index is 0. The van der Waals surface area contributed by atoms with Crippen LogP contribution in [0.1, 0.15) is 29.6 Å². The number of benzene rings is 3. The highest BCUT2D eigenvalue weighted by Crippen LogP contribution is 2.30. The summed E-state index contributed by atoms with van der Waals surface area (Å²) in [5, 5.41) is 12.7. The van der Waals surface area contributed by atoms with Gasteiger partial charge in [0.15, 0.2) is 0 Å². The number of nitrogens with one attached hydrogen (secondary N) is 2. The first kappa shape index (κ1) is 28.4. The number of sulfonamides is 2. The minimum atomic E-state index is -4.14. The second-order valence-electron chi connectivity index (χ2n) is 8.20. The molecule has 0 radical (unpaired) electrons. The average molecular weight is 569 g/mol. The fourth-order valence-corrected chi connectivity index (χ4v) is 6.43. The summed E-state index contributed by atoms with van der Waals surface area (Å²) in [5.41, 5.74) is -0.280. The molecule has 0 unspecified atom stereocenters. The quantitative estimate of drug-likeness (QED) is 0.361. The summed E-state index contributed by atoms with van der Waals surface area (Å²) < 4.78 is 68.3. The van der Waals surface area contributed by atoms with Crippen LogP contribution in [-0.4, -0.2) is 45.2 Å². The van der Waals surface area contributed by atoms with Crippen LogP contribution in [0.2, 0.25) is 0 Å². The van der Waals surface area contributed by atoms with Crippen molar-refractivity contribution < 1.29 is 43.5 Å². The zero-order valence-corrected chi connectivity index (χ0v) is 21.8. The summed E-state index contributed by atoms with van der Waals surface area (Å²) in [6, 6.07) is 13.6. The van der Waals surface area contributed by atoms with E-state index in [0.717, 1.165) is 43.5 Å². The highest BCUT2D eigenvalue weighted by Gasteiger charge is 2.27. The summed E-state index contributed by atoms with van der Waals surface area (Å²) in [6.07, 6.45) is 2.46. The molecule has 1 amide bonds. The number of amides is 1. The number of aromatic hydroxyl groups is 1. The average Bonchev–Trinajstić information content (AvgIpc) is 2.86. The predicted molar refractivity (Wildman–Crippen MR) is 132 cm³/mol. The Labute approximate surface area is 220 Å². The molecule has 4 rings (SSSR count). The van der Waals surface area contributed by atoms with Crippen LogP contribution in [0, 0.1) is 5.82 Å². The Morgan fingerprint density at radius 2 is 1.46 bits per heavy atom. The summed E-state index contributed by atoms with van der Waals surface area (Å²) in [6.45, 7) is 0.791. The molecule has 37 heavy (non-hydrogen) atoms. The van der Waals surface area contributed by atoms with E-state index in [4.69, 9.17) is 0 Å². The van der Waals surface area contributed by atoms with E-state index in [9.17, 15) is 31.1 Å². The number of phenols is 1. The van der Waals surface area contributed by atoms with E-state index >= 15 is 0 Å². The summed E-state index contributed by atoms with van der Waals surface area (Å²) >= 11 is 0. The van der Waals surface area contributed by atoms with E-state index in [0.29, 0.717) is 13.1 Å². The van der Waals surface area contributed by atoms with Crippen molar-refractivity contribution in [2.75, 3.05) is 23.1 Å². The summed E-state index contributed by atoms with van der Waals surface area (Å²) in [7, 11) is -7.95. The Morgan fingerprint density at radius 3 is 2.14 bits per heavy atom. The maximum absolute atomic E-state index is 13.2. The summed E-state index contributed by atoms with van der Waals surface area (Å²) in [5.74, 6) is -1.74. The third-order valence-electron chi connectivity index (χ3n) is 5.71. The van der Waals surface area contributed by atoms with Gasteiger partial charge in [-0.1, -0.05) is 18.6 Å². The molecular weight excluding hydrogens is 545 g/mol. The molecule has 0 aromatic heterocycles. The van der Waals surface area contributed by atoms with Crippen LogP contribution < -0.4 is 22.4 Å². The number of nitrogens with zero attached hydrogens (tertiary/aromatic N) is 1. The molecule has 0 saturated carbocycles. The summed E-state index contributed by atoms with van der Waals surface area (Å²) in [4.78, 5) is 12.8. The molecule has 3 N–H and O–H groups in total. The molecule has 198 valence electrons. The second-order valence-corrected chi connectivity index (χ2v) is 11.8. The Hall–Kier alpha value is -3.19. The predicted octanol–water partition coefficient (Wildman–Crippen LogP) is 0.763. The number of halogens is 2. The normalized spacial score (nSPS) is 14.4. The molecule has 3 aromatic carbocycles. The first-order chi connectivity index (χ1) is 17.1. The van der Waals surface area contributed by atoms with Gasteiger partial charge in [0.1, 0.15) is 11.6 Å². The van der Waals surface area contributed by atoms with E-state index in [1.807, 2.05) is 0 Å². The number of hydrogen-bond acceptors (Lipinski definition) is 6. The lowest BCUT2D eigenvalue weighted by atomic mass is 10.1. The molecule has 1 fully saturated rings. The van der Waals surface area contributed by atoms with Crippen molar-refractivity contribution in [2.45, 2.75) is 29.1 Å². The van der Waals surface area contributed by atoms with Gasteiger partial charge in [0.05, 0.1) is 26.7 Å². The van der Waals surface area contributed by atoms with Crippen LogP contribution in [0.15, 0.2) is 76.5 Å². The smallest absolute Gasteiger partial charge is 0.261 e. The van der Waals surface area contributed by atoms with Crippen LogP contribution in [0.5, 0.6) is 5.75 Å². The van der Waals surface area contributed by atoms with E-state index in [1.165, 1.54) is 46.8 Å². The maximum atomic E-state index is 13.2. The molecule has 1 saturated heterocycles. The highest BCUT2D eigenvalue weighted by molar-refractivity contribution is 7.92. The SMILES string of the molecule is O=C(Nc1cc(S(=O)(=O)N2CCCCC2)ccc1O)c1ccccc1NS(=O)(=O)c1ccc(F)cc1.[Cl-]. The van der Waals surface area contributed by atoms with Crippen molar-refractivity contribution in [3.63, 3.8) is 0 Å². The van der Waals surface area contributed by atoms with Gasteiger partial charge in [0.2, 0.25) is 10.0 Å². The van der Waals surface area contributed by atoms with Crippen molar-refractivity contribution in [2.24, 2.45) is 0 Å². The Morgan fingerprint density at radius 1 is 0.838 bits per heavy atom. The number of hydrogen-bond donors (Lipinski definition) is 3. The van der Waals surface area contributed by atoms with Crippen LogP contribution in [0.4, 0.5) is 15.8 Å². The van der Waals surface area contributed by atoms with Crippen molar-refractivity contribution >= 4 is 37.3 Å². The Balaban J connectivity index is 0.00000380. The van der Waals surface area contributed by atoms with Gasteiger partial charge in [-0.25, -0.2) is 21.2 Å². The number of carbonyl (C=O) groups excluding carboxylic acids is 1. The monoisotopic (exact) mass is 568 g/mol. The molecule has 13 heteroatoms. The molecule has 0 aliphatic carbocycles. The zero-order valence-electron chi connectivity index (χ0n) is 19.4. The molecule has 9 nitrogen and oxygen atoms in total. The highest BCUT2D eigenvalue weighted by atomic mass is 35.5. The third kappa shape index (κ3) is 6.39. The Bertz CT molecular complexity index is 1490. The Kier molecular flexibility index (Phi) is 8.80. The number of rotatable bonds is 7. The lowest BCUT2D eigenvalue weighted by molar-refractivity contribution is -0.0000212. The largest absolute Gasteiger partial charge is 1.00 e. The van der Waals surface area contributed by atoms with E-state index < -0.39 is 31.8 Å².